The molecule has 0 aromatic rings. The van der Waals surface area contributed by atoms with Gasteiger partial charge in [0.2, 0.25) is 0 Å². The van der Waals surface area contributed by atoms with E-state index >= 15 is 0 Å². The summed E-state index contributed by atoms with van der Waals surface area (Å²) in [4.78, 5) is 11.5. The quantitative estimate of drug-likeness (QED) is 0.540. The Kier molecular flexibility index (Phi) is 9.86. The number of carboxylic acid groups (broad SMARTS) is 1. The molecule has 0 spiro atoms. The third-order valence-corrected chi connectivity index (χ3v) is 3.68. The molecule has 0 bridgehead atoms. The monoisotopic (exact) mass is 287 g/mol. The molecule has 20 heavy (non-hydrogen) atoms. The molecule has 2 atom stereocenters. The summed E-state index contributed by atoms with van der Waals surface area (Å²) < 4.78 is 5.76. The van der Waals surface area contributed by atoms with Crippen LogP contribution in [0.5, 0.6) is 0 Å². The Morgan fingerprint density at radius 3 is 2.40 bits per heavy atom. The predicted octanol–water partition coefficient (Wildman–Crippen LogP) is 3.45. The topological polar surface area (TPSA) is 58.6 Å². The Labute approximate surface area is 124 Å². The van der Waals surface area contributed by atoms with Crippen LogP contribution < -0.4 is 5.32 Å². The lowest BCUT2D eigenvalue weighted by atomic mass is 9.90. The van der Waals surface area contributed by atoms with Gasteiger partial charge in [-0.25, -0.2) is 0 Å². The van der Waals surface area contributed by atoms with Crippen molar-refractivity contribution in [2.24, 2.45) is 5.92 Å². The first kappa shape index (κ1) is 19.4. The van der Waals surface area contributed by atoms with Crippen molar-refractivity contribution in [2.75, 3.05) is 13.2 Å². The molecule has 4 heteroatoms. The van der Waals surface area contributed by atoms with Crippen molar-refractivity contribution in [1.82, 2.24) is 5.32 Å². The molecule has 0 heterocycles. The Morgan fingerprint density at radius 2 is 1.95 bits per heavy atom. The van der Waals surface area contributed by atoms with Gasteiger partial charge in [0.05, 0.1) is 6.10 Å². The fourth-order valence-electron chi connectivity index (χ4n) is 2.48. The van der Waals surface area contributed by atoms with Gasteiger partial charge in [-0.05, 0) is 51.5 Å². The molecule has 0 saturated heterocycles. The summed E-state index contributed by atoms with van der Waals surface area (Å²) in [6, 6.07) is 0. The molecule has 0 rings (SSSR count). The summed E-state index contributed by atoms with van der Waals surface area (Å²) in [6.07, 6.45) is 4.23. The number of hydrogen-bond donors (Lipinski definition) is 2. The van der Waals surface area contributed by atoms with Crippen LogP contribution >= 0.6 is 0 Å². The summed E-state index contributed by atoms with van der Waals surface area (Å²) in [5, 5.41) is 12.7. The number of carbonyl (C=O) groups is 1. The largest absolute Gasteiger partial charge is 0.480 e. The number of nitrogens with one attached hydrogen (secondary N) is 1. The van der Waals surface area contributed by atoms with E-state index in [9.17, 15) is 9.90 Å². The number of rotatable bonds is 12. The van der Waals surface area contributed by atoms with E-state index < -0.39 is 11.5 Å². The van der Waals surface area contributed by atoms with Crippen LogP contribution in [0.3, 0.4) is 0 Å². The maximum Gasteiger partial charge on any atom is 0.323 e. The molecule has 0 aromatic carbocycles. The molecule has 0 saturated carbocycles. The molecule has 0 aromatic heterocycles. The van der Waals surface area contributed by atoms with Crippen LogP contribution in [0.25, 0.3) is 0 Å². The Bertz CT molecular complexity index is 268. The first-order valence-electron chi connectivity index (χ1n) is 7.98. The number of hydrogen-bond acceptors (Lipinski definition) is 3. The number of aliphatic carboxylic acids is 1. The molecule has 2 N–H and O–H groups in total. The third kappa shape index (κ3) is 7.25. The second kappa shape index (κ2) is 10.2. The fraction of sp³-hybridized carbons (Fsp3) is 0.938. The van der Waals surface area contributed by atoms with Crippen molar-refractivity contribution in [3.63, 3.8) is 0 Å². The SMILES string of the molecule is CCCNC(CC)(CCCOC(C)CC(C)C)C(=O)O. The molecule has 0 radical (unpaired) electrons. The van der Waals surface area contributed by atoms with E-state index in [0.717, 1.165) is 25.8 Å². The summed E-state index contributed by atoms with van der Waals surface area (Å²) in [5.41, 5.74) is -0.791. The zero-order valence-electron chi connectivity index (χ0n) is 13.9. The second-order valence-electron chi connectivity index (χ2n) is 6.08. The molecular weight excluding hydrogens is 254 g/mol. The highest BCUT2D eigenvalue weighted by Gasteiger charge is 2.35. The highest BCUT2D eigenvalue weighted by molar-refractivity contribution is 5.78. The lowest BCUT2D eigenvalue weighted by molar-refractivity contribution is -0.145. The average Bonchev–Trinajstić information content (AvgIpc) is 2.37. The zero-order valence-corrected chi connectivity index (χ0v) is 13.9. The summed E-state index contributed by atoms with van der Waals surface area (Å²) in [6.45, 7) is 11.8. The molecule has 0 aliphatic heterocycles. The van der Waals surface area contributed by atoms with E-state index in [2.05, 4.69) is 26.1 Å². The third-order valence-electron chi connectivity index (χ3n) is 3.68. The number of ether oxygens (including phenoxy) is 1. The van der Waals surface area contributed by atoms with E-state index in [4.69, 9.17) is 4.74 Å². The van der Waals surface area contributed by atoms with Crippen LogP contribution in [0, 0.1) is 5.92 Å². The highest BCUT2D eigenvalue weighted by Crippen LogP contribution is 2.19. The Balaban J connectivity index is 4.17. The highest BCUT2D eigenvalue weighted by atomic mass is 16.5. The molecule has 0 aliphatic carbocycles. The summed E-state index contributed by atoms with van der Waals surface area (Å²) in [5.74, 6) is -0.117. The van der Waals surface area contributed by atoms with Gasteiger partial charge in [-0.3, -0.25) is 4.79 Å². The standard InChI is InChI=1S/C16H33NO3/c1-6-10-17-16(7-2,15(18)19)9-8-11-20-14(5)12-13(3)4/h13-14,17H,6-12H2,1-5H3,(H,18,19). The van der Waals surface area contributed by atoms with Gasteiger partial charge >= 0.3 is 5.97 Å². The fourth-order valence-corrected chi connectivity index (χ4v) is 2.48. The van der Waals surface area contributed by atoms with Crippen molar-refractivity contribution in [1.29, 1.82) is 0 Å². The lowest BCUT2D eigenvalue weighted by Gasteiger charge is -2.29. The van der Waals surface area contributed by atoms with Crippen LogP contribution in [0.1, 0.15) is 66.7 Å². The van der Waals surface area contributed by atoms with Gasteiger partial charge in [-0.1, -0.05) is 27.7 Å². The maximum absolute atomic E-state index is 11.5. The van der Waals surface area contributed by atoms with Crippen LogP contribution in [0.15, 0.2) is 0 Å². The van der Waals surface area contributed by atoms with Crippen LogP contribution in [-0.4, -0.2) is 35.9 Å². The molecule has 0 amide bonds. The molecule has 0 aliphatic rings. The first-order chi connectivity index (χ1) is 9.38. The van der Waals surface area contributed by atoms with Gasteiger partial charge < -0.3 is 15.2 Å². The minimum Gasteiger partial charge on any atom is -0.480 e. The van der Waals surface area contributed by atoms with Gasteiger partial charge in [0, 0.05) is 6.61 Å². The van der Waals surface area contributed by atoms with Crippen molar-refractivity contribution in [3.05, 3.63) is 0 Å². The molecule has 120 valence electrons. The number of carboxylic acids is 1. The molecule has 4 nitrogen and oxygen atoms in total. The van der Waals surface area contributed by atoms with Crippen molar-refractivity contribution >= 4 is 5.97 Å². The maximum atomic E-state index is 11.5. The zero-order chi connectivity index (χ0) is 15.6. The van der Waals surface area contributed by atoms with Crippen molar-refractivity contribution < 1.29 is 14.6 Å². The lowest BCUT2D eigenvalue weighted by Crippen LogP contribution is -2.52. The van der Waals surface area contributed by atoms with Gasteiger partial charge in [-0.15, -0.1) is 0 Å². The van der Waals surface area contributed by atoms with E-state index in [0.29, 0.717) is 25.4 Å². The molecule has 2 unspecified atom stereocenters. The predicted molar refractivity (Wildman–Crippen MR) is 83.1 cm³/mol. The normalized spacial score (nSPS) is 16.1. The second-order valence-corrected chi connectivity index (χ2v) is 6.08. The molecule has 0 fully saturated rings. The Hall–Kier alpha value is -0.610. The van der Waals surface area contributed by atoms with E-state index in [1.807, 2.05) is 13.8 Å². The molecular formula is C16H33NO3. The van der Waals surface area contributed by atoms with Crippen molar-refractivity contribution in [2.45, 2.75) is 78.4 Å². The van der Waals surface area contributed by atoms with Crippen LogP contribution in [0.4, 0.5) is 0 Å². The van der Waals surface area contributed by atoms with Gasteiger partial charge in [0.1, 0.15) is 5.54 Å². The summed E-state index contributed by atoms with van der Waals surface area (Å²) >= 11 is 0. The van der Waals surface area contributed by atoms with Gasteiger partial charge in [0.15, 0.2) is 0 Å². The van der Waals surface area contributed by atoms with Crippen LogP contribution in [0.2, 0.25) is 0 Å². The Morgan fingerprint density at radius 1 is 1.30 bits per heavy atom. The van der Waals surface area contributed by atoms with Crippen molar-refractivity contribution in [3.8, 4) is 0 Å². The van der Waals surface area contributed by atoms with E-state index in [-0.39, 0.29) is 6.10 Å². The average molecular weight is 287 g/mol. The van der Waals surface area contributed by atoms with Gasteiger partial charge in [0.25, 0.3) is 0 Å². The van der Waals surface area contributed by atoms with E-state index in [1.54, 1.807) is 0 Å². The van der Waals surface area contributed by atoms with E-state index in [1.165, 1.54) is 0 Å². The minimum absolute atomic E-state index is 0.249. The van der Waals surface area contributed by atoms with Crippen LogP contribution in [-0.2, 0) is 9.53 Å². The minimum atomic E-state index is -0.791. The first-order valence-corrected chi connectivity index (χ1v) is 7.98. The summed E-state index contributed by atoms with van der Waals surface area (Å²) in [7, 11) is 0. The smallest absolute Gasteiger partial charge is 0.323 e. The van der Waals surface area contributed by atoms with Gasteiger partial charge in [-0.2, -0.15) is 0 Å².